The van der Waals surface area contributed by atoms with E-state index in [2.05, 4.69) is 11.9 Å². The molecule has 6 heteroatoms. The van der Waals surface area contributed by atoms with E-state index in [4.69, 9.17) is 0 Å². The van der Waals surface area contributed by atoms with Gasteiger partial charge >= 0.3 is 0 Å². The van der Waals surface area contributed by atoms with E-state index in [0.29, 0.717) is 13.0 Å². The minimum atomic E-state index is -1.30. The summed E-state index contributed by atoms with van der Waals surface area (Å²) < 4.78 is 0. The third-order valence-electron chi connectivity index (χ3n) is 7.87. The van der Waals surface area contributed by atoms with Crippen LogP contribution < -0.4 is 10.2 Å². The first-order valence-corrected chi connectivity index (χ1v) is 12.7. The van der Waals surface area contributed by atoms with Crippen LogP contribution in [0.2, 0.25) is 0 Å². The summed E-state index contributed by atoms with van der Waals surface area (Å²) in [5.41, 5.74) is 3.00. The highest BCUT2D eigenvalue weighted by Crippen LogP contribution is 2.55. The molecule has 2 fully saturated rings. The number of para-hydroxylation sites is 1. The second-order valence-electron chi connectivity index (χ2n) is 10.4. The fraction of sp³-hybridized carbons (Fsp3) is 0.258. The summed E-state index contributed by atoms with van der Waals surface area (Å²) in [4.78, 5) is 45.5. The third kappa shape index (κ3) is 3.55. The number of rotatable bonds is 6. The molecule has 1 N–H and O–H groups in total. The van der Waals surface area contributed by atoms with Gasteiger partial charge in [-0.1, -0.05) is 91.0 Å². The summed E-state index contributed by atoms with van der Waals surface area (Å²) in [6, 6.07) is 26.7. The zero-order valence-electron chi connectivity index (χ0n) is 20.8. The molecule has 0 unspecified atom stereocenters. The predicted octanol–water partition coefficient (Wildman–Crippen LogP) is 3.82. The van der Waals surface area contributed by atoms with Crippen molar-refractivity contribution in [2.24, 2.45) is 11.8 Å². The lowest BCUT2D eigenvalue weighted by Gasteiger charge is -2.31. The van der Waals surface area contributed by atoms with Crippen molar-refractivity contribution in [2.45, 2.75) is 31.5 Å². The molecular formula is C31H29N3O3. The van der Waals surface area contributed by atoms with Gasteiger partial charge in [-0.15, -0.1) is 0 Å². The first-order valence-electron chi connectivity index (χ1n) is 12.7. The molecule has 3 heterocycles. The maximum absolute atomic E-state index is 14.3. The van der Waals surface area contributed by atoms with Crippen LogP contribution in [0.5, 0.6) is 0 Å². The highest BCUT2D eigenvalue weighted by Gasteiger charge is 2.71. The molecule has 3 amide bonds. The Morgan fingerprint density at radius 3 is 2.14 bits per heavy atom. The number of hydrogen-bond donors (Lipinski definition) is 1. The predicted molar refractivity (Wildman–Crippen MR) is 141 cm³/mol. The van der Waals surface area contributed by atoms with Crippen LogP contribution in [0.15, 0.2) is 97.1 Å². The van der Waals surface area contributed by atoms with E-state index in [0.717, 1.165) is 28.0 Å². The van der Waals surface area contributed by atoms with Gasteiger partial charge < -0.3 is 4.90 Å². The van der Waals surface area contributed by atoms with E-state index in [9.17, 15) is 14.4 Å². The number of imide groups is 1. The molecule has 0 saturated carbocycles. The van der Waals surface area contributed by atoms with Gasteiger partial charge in [-0.05, 0) is 30.5 Å². The second kappa shape index (κ2) is 8.82. The lowest BCUT2D eigenvalue weighted by atomic mass is 9.76. The maximum Gasteiger partial charge on any atom is 0.253 e. The molecule has 3 aliphatic rings. The number of likely N-dealkylation sites (tertiary alicyclic amines) is 1. The molecule has 37 heavy (non-hydrogen) atoms. The number of fused-ring (bicyclic) bond motifs is 4. The molecular weight excluding hydrogens is 462 g/mol. The topological polar surface area (TPSA) is 69.7 Å². The Hall–Kier alpha value is -4.03. The van der Waals surface area contributed by atoms with Crippen molar-refractivity contribution >= 4 is 23.4 Å². The Kier molecular flexibility index (Phi) is 5.57. The molecule has 186 valence electrons. The molecule has 6 rings (SSSR count). The molecule has 0 aromatic heterocycles. The molecule has 1 spiro atoms. The fourth-order valence-electron chi connectivity index (χ4n) is 6.40. The lowest BCUT2D eigenvalue weighted by molar-refractivity contribution is -0.143. The number of nitrogens with zero attached hydrogens (tertiary/aromatic N) is 2. The summed E-state index contributed by atoms with van der Waals surface area (Å²) >= 11 is 0. The van der Waals surface area contributed by atoms with Gasteiger partial charge in [0.2, 0.25) is 11.8 Å². The van der Waals surface area contributed by atoms with Crippen LogP contribution in [-0.2, 0) is 32.9 Å². The first-order chi connectivity index (χ1) is 17.9. The number of amides is 3. The van der Waals surface area contributed by atoms with Crippen molar-refractivity contribution in [1.29, 1.82) is 0 Å². The van der Waals surface area contributed by atoms with Crippen LogP contribution in [0.4, 0.5) is 5.69 Å². The number of anilines is 1. The summed E-state index contributed by atoms with van der Waals surface area (Å²) in [6.45, 7) is 6.46. The smallest absolute Gasteiger partial charge is 0.253 e. The minimum absolute atomic E-state index is 0.190. The van der Waals surface area contributed by atoms with Gasteiger partial charge in [-0.25, -0.2) is 0 Å². The Balaban J connectivity index is 1.47. The second-order valence-corrected chi connectivity index (χ2v) is 10.4. The minimum Gasteiger partial charge on any atom is -0.306 e. The zero-order valence-corrected chi connectivity index (χ0v) is 20.8. The third-order valence-corrected chi connectivity index (χ3v) is 7.87. The highest BCUT2D eigenvalue weighted by atomic mass is 16.2. The lowest BCUT2D eigenvalue weighted by Crippen LogP contribution is -2.55. The molecule has 2 saturated heterocycles. The Bertz CT molecular complexity index is 1400. The van der Waals surface area contributed by atoms with Crippen LogP contribution in [0.3, 0.4) is 0 Å². The number of nitrogens with one attached hydrogen (secondary N) is 1. The van der Waals surface area contributed by atoms with Crippen LogP contribution in [0, 0.1) is 11.8 Å². The summed E-state index contributed by atoms with van der Waals surface area (Å²) in [6.07, 6.45) is 0.540. The van der Waals surface area contributed by atoms with E-state index < -0.39 is 17.4 Å². The molecule has 3 aromatic rings. The fourth-order valence-corrected chi connectivity index (χ4v) is 6.40. The van der Waals surface area contributed by atoms with Gasteiger partial charge in [0.05, 0.1) is 18.4 Å². The molecule has 3 aliphatic heterocycles. The van der Waals surface area contributed by atoms with Crippen molar-refractivity contribution in [2.75, 3.05) is 11.4 Å². The van der Waals surface area contributed by atoms with Crippen LogP contribution in [0.1, 0.15) is 23.6 Å². The molecule has 0 bridgehead atoms. The maximum atomic E-state index is 14.3. The highest BCUT2D eigenvalue weighted by molar-refractivity contribution is 6.16. The normalized spacial score (nSPS) is 26.2. The van der Waals surface area contributed by atoms with Crippen molar-refractivity contribution in [3.8, 4) is 0 Å². The van der Waals surface area contributed by atoms with Crippen molar-refractivity contribution in [3.63, 3.8) is 0 Å². The van der Waals surface area contributed by atoms with Crippen molar-refractivity contribution in [3.05, 3.63) is 114 Å². The van der Waals surface area contributed by atoms with Gasteiger partial charge in [0, 0.05) is 23.8 Å². The first kappa shape index (κ1) is 23.4. The Morgan fingerprint density at radius 2 is 1.46 bits per heavy atom. The quantitative estimate of drug-likeness (QED) is 0.421. The summed E-state index contributed by atoms with van der Waals surface area (Å²) in [5, 5.41) is 3.58. The summed E-state index contributed by atoms with van der Waals surface area (Å²) in [7, 11) is 0. The molecule has 4 atom stereocenters. The number of carbonyl (C=O) groups excluding carboxylic acids is 3. The van der Waals surface area contributed by atoms with E-state index in [1.807, 2.05) is 91.9 Å². The average Bonchev–Trinajstić information content (AvgIpc) is 3.45. The molecule has 0 radical (unpaired) electrons. The van der Waals surface area contributed by atoms with Crippen molar-refractivity contribution in [1.82, 2.24) is 10.2 Å². The number of benzene rings is 3. The Morgan fingerprint density at radius 1 is 0.838 bits per heavy atom. The van der Waals surface area contributed by atoms with Crippen LogP contribution >= 0.6 is 0 Å². The van der Waals surface area contributed by atoms with Gasteiger partial charge in [-0.3, -0.25) is 24.6 Å². The summed E-state index contributed by atoms with van der Waals surface area (Å²) in [5.74, 6) is -2.15. The van der Waals surface area contributed by atoms with Crippen LogP contribution in [-0.4, -0.2) is 35.2 Å². The standard InChI is InChI=1S/C31H29N3O3/c1-20(2)18-33-25-16-10-9-15-23(25)31(30(33)37)27-26(24(32-31)17-21-11-5-3-6-12-21)28(35)34(29(27)36)19-22-13-7-4-8-14-22/h3-16,24,26-27,32H,1,17-19H2,2H3/t24-,26+,27+,31+/m0/s1. The number of hydrogen-bond acceptors (Lipinski definition) is 4. The average molecular weight is 492 g/mol. The number of carbonyl (C=O) groups is 3. The molecule has 6 nitrogen and oxygen atoms in total. The van der Waals surface area contributed by atoms with Crippen molar-refractivity contribution < 1.29 is 14.4 Å². The Labute approximate surface area is 216 Å². The van der Waals surface area contributed by atoms with Crippen LogP contribution in [0.25, 0.3) is 0 Å². The van der Waals surface area contributed by atoms with E-state index in [1.165, 1.54) is 4.90 Å². The monoisotopic (exact) mass is 491 g/mol. The van der Waals surface area contributed by atoms with E-state index >= 15 is 0 Å². The zero-order chi connectivity index (χ0) is 25.7. The van der Waals surface area contributed by atoms with Gasteiger partial charge in [-0.2, -0.15) is 0 Å². The molecule has 3 aromatic carbocycles. The van der Waals surface area contributed by atoms with E-state index in [1.54, 1.807) is 4.90 Å². The van der Waals surface area contributed by atoms with E-state index in [-0.39, 0.29) is 30.3 Å². The van der Waals surface area contributed by atoms with Gasteiger partial charge in [0.1, 0.15) is 5.54 Å². The largest absolute Gasteiger partial charge is 0.306 e. The van der Waals surface area contributed by atoms with Gasteiger partial charge in [0.25, 0.3) is 5.91 Å². The molecule has 0 aliphatic carbocycles. The SMILES string of the molecule is C=C(C)CN1C(=O)[C@@]2(N[C@@H](Cc3ccccc3)[C@H]3C(=O)N(Cc4ccccc4)C(=O)[C@@H]32)c2ccccc21. The van der Waals surface area contributed by atoms with Gasteiger partial charge in [0.15, 0.2) is 0 Å².